The first-order chi connectivity index (χ1) is 8.72. The SMILES string of the molecule is CSCCN(C)CC(=O)c1coc2ccccc12. The number of hydrogen-bond donors (Lipinski definition) is 0. The van der Waals surface area contributed by atoms with Crippen LogP contribution in [0.1, 0.15) is 10.4 Å². The molecule has 0 N–H and O–H groups in total. The van der Waals surface area contributed by atoms with E-state index in [1.807, 2.05) is 36.2 Å². The second-order valence-corrected chi connectivity index (χ2v) is 5.28. The van der Waals surface area contributed by atoms with Crippen molar-refractivity contribution in [3.63, 3.8) is 0 Å². The molecule has 1 aromatic heterocycles. The summed E-state index contributed by atoms with van der Waals surface area (Å²) in [4.78, 5) is 14.2. The van der Waals surface area contributed by atoms with E-state index in [1.54, 1.807) is 18.0 Å². The molecule has 0 unspecified atom stereocenters. The minimum atomic E-state index is 0.114. The van der Waals surface area contributed by atoms with Crippen molar-refractivity contribution >= 4 is 28.5 Å². The van der Waals surface area contributed by atoms with Gasteiger partial charge in [0.15, 0.2) is 5.78 Å². The van der Waals surface area contributed by atoms with E-state index in [1.165, 1.54) is 0 Å². The molecule has 96 valence electrons. The molecule has 3 nitrogen and oxygen atoms in total. The highest BCUT2D eigenvalue weighted by molar-refractivity contribution is 7.98. The number of Topliss-reactive ketones (excluding diaryl/α,β-unsaturated/α-hetero) is 1. The van der Waals surface area contributed by atoms with Gasteiger partial charge in [0, 0.05) is 17.7 Å². The molecule has 18 heavy (non-hydrogen) atoms. The van der Waals surface area contributed by atoms with Gasteiger partial charge in [-0.2, -0.15) is 11.8 Å². The highest BCUT2D eigenvalue weighted by atomic mass is 32.2. The van der Waals surface area contributed by atoms with Crippen LogP contribution in [-0.4, -0.2) is 42.8 Å². The van der Waals surface area contributed by atoms with Gasteiger partial charge in [-0.15, -0.1) is 0 Å². The number of rotatable bonds is 6. The number of likely N-dealkylation sites (N-methyl/N-ethyl adjacent to an activating group) is 1. The van der Waals surface area contributed by atoms with Gasteiger partial charge in [0.1, 0.15) is 11.8 Å². The fraction of sp³-hybridized carbons (Fsp3) is 0.357. The van der Waals surface area contributed by atoms with Crippen LogP contribution in [0.2, 0.25) is 0 Å². The van der Waals surface area contributed by atoms with Gasteiger partial charge >= 0.3 is 0 Å². The third kappa shape index (κ3) is 2.94. The van der Waals surface area contributed by atoms with Gasteiger partial charge in [-0.1, -0.05) is 18.2 Å². The molecule has 0 atom stereocenters. The van der Waals surface area contributed by atoms with Crippen molar-refractivity contribution in [2.75, 3.05) is 32.1 Å². The Hall–Kier alpha value is -1.26. The first-order valence-electron chi connectivity index (χ1n) is 5.89. The van der Waals surface area contributed by atoms with Gasteiger partial charge in [0.05, 0.1) is 12.1 Å². The second kappa shape index (κ2) is 6.07. The molecule has 1 heterocycles. The molecule has 0 aliphatic heterocycles. The van der Waals surface area contributed by atoms with Gasteiger partial charge < -0.3 is 4.42 Å². The zero-order chi connectivity index (χ0) is 13.0. The van der Waals surface area contributed by atoms with E-state index in [0.29, 0.717) is 12.1 Å². The topological polar surface area (TPSA) is 33.5 Å². The van der Waals surface area contributed by atoms with Crippen LogP contribution in [0.4, 0.5) is 0 Å². The summed E-state index contributed by atoms with van der Waals surface area (Å²) in [5.74, 6) is 1.15. The summed E-state index contributed by atoms with van der Waals surface area (Å²) in [7, 11) is 1.97. The summed E-state index contributed by atoms with van der Waals surface area (Å²) in [6.45, 7) is 1.35. The average Bonchev–Trinajstić information content (AvgIpc) is 2.80. The molecule has 0 saturated carbocycles. The Kier molecular flexibility index (Phi) is 4.44. The van der Waals surface area contributed by atoms with E-state index in [9.17, 15) is 4.79 Å². The molecule has 0 bridgehead atoms. The van der Waals surface area contributed by atoms with Crippen LogP contribution in [-0.2, 0) is 0 Å². The van der Waals surface area contributed by atoms with Gasteiger partial charge in [0.25, 0.3) is 0 Å². The largest absolute Gasteiger partial charge is 0.464 e. The van der Waals surface area contributed by atoms with Crippen molar-refractivity contribution in [2.45, 2.75) is 0 Å². The van der Waals surface area contributed by atoms with Gasteiger partial charge in [-0.3, -0.25) is 9.69 Å². The molecule has 0 spiro atoms. The average molecular weight is 263 g/mol. The molecule has 2 rings (SSSR count). The maximum absolute atomic E-state index is 12.2. The number of nitrogens with zero attached hydrogens (tertiary/aromatic N) is 1. The summed E-state index contributed by atoms with van der Waals surface area (Å²) in [6, 6.07) is 7.63. The summed E-state index contributed by atoms with van der Waals surface area (Å²) in [6.07, 6.45) is 3.63. The number of thioether (sulfide) groups is 1. The highest BCUT2D eigenvalue weighted by Crippen LogP contribution is 2.21. The predicted molar refractivity (Wildman–Crippen MR) is 76.4 cm³/mol. The lowest BCUT2D eigenvalue weighted by molar-refractivity contribution is 0.0950. The van der Waals surface area contributed by atoms with Crippen molar-refractivity contribution in [3.05, 3.63) is 36.1 Å². The second-order valence-electron chi connectivity index (χ2n) is 4.30. The Balaban J connectivity index is 2.09. The van der Waals surface area contributed by atoms with Crippen molar-refractivity contribution < 1.29 is 9.21 Å². The van der Waals surface area contributed by atoms with Gasteiger partial charge in [-0.25, -0.2) is 0 Å². The monoisotopic (exact) mass is 263 g/mol. The van der Waals surface area contributed by atoms with Crippen LogP contribution in [0.15, 0.2) is 34.9 Å². The lowest BCUT2D eigenvalue weighted by atomic mass is 10.1. The van der Waals surface area contributed by atoms with E-state index in [2.05, 4.69) is 6.26 Å². The maximum Gasteiger partial charge on any atom is 0.180 e. The highest BCUT2D eigenvalue weighted by Gasteiger charge is 2.14. The van der Waals surface area contributed by atoms with Crippen LogP contribution < -0.4 is 0 Å². The molecular formula is C14H17NO2S. The van der Waals surface area contributed by atoms with Crippen molar-refractivity contribution in [1.82, 2.24) is 4.90 Å². The van der Waals surface area contributed by atoms with Crippen molar-refractivity contribution in [2.24, 2.45) is 0 Å². The fourth-order valence-electron chi connectivity index (χ4n) is 1.85. The summed E-state index contributed by atoms with van der Waals surface area (Å²) >= 11 is 1.79. The number of hydrogen-bond acceptors (Lipinski definition) is 4. The van der Waals surface area contributed by atoms with Crippen LogP contribution in [0.25, 0.3) is 11.0 Å². The minimum Gasteiger partial charge on any atom is -0.464 e. The van der Waals surface area contributed by atoms with E-state index in [0.717, 1.165) is 23.3 Å². The quantitative estimate of drug-likeness (QED) is 0.750. The number of fused-ring (bicyclic) bond motifs is 1. The van der Waals surface area contributed by atoms with E-state index < -0.39 is 0 Å². The number of carbonyl (C=O) groups is 1. The van der Waals surface area contributed by atoms with Crippen LogP contribution in [0.3, 0.4) is 0 Å². The number of carbonyl (C=O) groups excluding carboxylic acids is 1. The number of ketones is 1. The van der Waals surface area contributed by atoms with Gasteiger partial charge in [-0.05, 0) is 19.4 Å². The maximum atomic E-state index is 12.2. The zero-order valence-corrected chi connectivity index (χ0v) is 11.5. The lowest BCUT2D eigenvalue weighted by Crippen LogP contribution is -2.27. The van der Waals surface area contributed by atoms with E-state index in [-0.39, 0.29) is 5.78 Å². The number of para-hydroxylation sites is 1. The van der Waals surface area contributed by atoms with E-state index in [4.69, 9.17) is 4.42 Å². The number of benzene rings is 1. The lowest BCUT2D eigenvalue weighted by Gasteiger charge is -2.14. The molecule has 0 fully saturated rings. The Morgan fingerprint density at radius 3 is 2.94 bits per heavy atom. The standard InChI is InChI=1S/C14H17NO2S/c1-15(7-8-18-2)9-13(16)12-10-17-14-6-4-3-5-11(12)14/h3-6,10H,7-9H2,1-2H3. The minimum absolute atomic E-state index is 0.114. The molecule has 1 aromatic carbocycles. The third-order valence-corrected chi connectivity index (χ3v) is 3.46. The van der Waals surface area contributed by atoms with Crippen LogP contribution >= 0.6 is 11.8 Å². The molecular weight excluding hydrogens is 246 g/mol. The normalized spacial score (nSPS) is 11.3. The Morgan fingerprint density at radius 1 is 1.39 bits per heavy atom. The molecule has 0 amide bonds. The first-order valence-corrected chi connectivity index (χ1v) is 7.28. The van der Waals surface area contributed by atoms with Crippen molar-refractivity contribution in [3.8, 4) is 0 Å². The summed E-state index contributed by atoms with van der Waals surface area (Å²) in [5.41, 5.74) is 1.45. The Bertz CT molecular complexity index is 535. The Labute approximate surface area is 111 Å². The number of furan rings is 1. The smallest absolute Gasteiger partial charge is 0.180 e. The molecule has 0 radical (unpaired) electrons. The molecule has 0 aliphatic carbocycles. The molecule has 2 aromatic rings. The van der Waals surface area contributed by atoms with E-state index >= 15 is 0 Å². The molecule has 4 heteroatoms. The molecule has 0 saturated heterocycles. The van der Waals surface area contributed by atoms with Crippen molar-refractivity contribution in [1.29, 1.82) is 0 Å². The summed E-state index contributed by atoms with van der Waals surface area (Å²) < 4.78 is 5.39. The predicted octanol–water partition coefficient (Wildman–Crippen LogP) is 2.91. The van der Waals surface area contributed by atoms with Gasteiger partial charge in [0.2, 0.25) is 0 Å². The molecule has 0 aliphatic rings. The van der Waals surface area contributed by atoms with Crippen LogP contribution in [0.5, 0.6) is 0 Å². The first kappa shape index (κ1) is 13.2. The van der Waals surface area contributed by atoms with Crippen LogP contribution in [0, 0.1) is 0 Å². The summed E-state index contributed by atoms with van der Waals surface area (Å²) in [5, 5.41) is 0.903. The fourth-order valence-corrected chi connectivity index (χ4v) is 2.34. The zero-order valence-electron chi connectivity index (χ0n) is 10.7. The third-order valence-electron chi connectivity index (χ3n) is 2.87. The Morgan fingerprint density at radius 2 is 2.17 bits per heavy atom.